The first kappa shape index (κ1) is 29.6. The summed E-state index contributed by atoms with van der Waals surface area (Å²) in [4.78, 5) is 12.5. The number of ether oxygens (including phenoxy) is 1. The number of sulfonamides is 1. The molecule has 2 aromatic rings. The lowest BCUT2D eigenvalue weighted by Gasteiger charge is -2.23. The number of halogens is 3. The zero-order valence-corrected chi connectivity index (χ0v) is 23.8. The monoisotopic (exact) mass is 569 g/mol. The highest BCUT2D eigenvalue weighted by atomic mass is 32.2. The molecule has 0 bridgehead atoms. The first-order valence-corrected chi connectivity index (χ1v) is 15.0. The van der Waals surface area contributed by atoms with Crippen LogP contribution in [0.2, 0.25) is 0 Å². The first-order chi connectivity index (χ1) is 18.2. The van der Waals surface area contributed by atoms with Crippen molar-refractivity contribution >= 4 is 15.9 Å². The van der Waals surface area contributed by atoms with Crippen molar-refractivity contribution in [3.05, 3.63) is 41.1 Å². The Kier molecular flexibility index (Phi) is 8.54. The van der Waals surface area contributed by atoms with Crippen LogP contribution in [0.5, 0.6) is 0 Å². The maximum Gasteiger partial charge on any atom is 0.417 e. The second kappa shape index (κ2) is 11.2. The predicted octanol–water partition coefficient (Wildman–Crippen LogP) is 5.66. The van der Waals surface area contributed by atoms with Gasteiger partial charge in [-0.25, -0.2) is 13.1 Å². The predicted molar refractivity (Wildman–Crippen MR) is 143 cm³/mol. The molecule has 11 heteroatoms. The lowest BCUT2D eigenvalue weighted by Crippen LogP contribution is -2.41. The zero-order valence-electron chi connectivity index (χ0n) is 23.0. The fourth-order valence-electron chi connectivity index (χ4n) is 5.51. The van der Waals surface area contributed by atoms with Gasteiger partial charge in [0.25, 0.3) is 5.91 Å². The van der Waals surface area contributed by atoms with E-state index in [9.17, 15) is 26.4 Å². The van der Waals surface area contributed by atoms with Crippen molar-refractivity contribution in [1.82, 2.24) is 14.6 Å². The van der Waals surface area contributed by atoms with Crippen molar-refractivity contribution in [3.63, 3.8) is 0 Å². The second-order valence-corrected chi connectivity index (χ2v) is 13.4. The fourth-order valence-corrected chi connectivity index (χ4v) is 7.14. The number of alkyl halides is 3. The Labute approximate surface area is 228 Å². The van der Waals surface area contributed by atoms with Gasteiger partial charge in [0.15, 0.2) is 0 Å². The summed E-state index contributed by atoms with van der Waals surface area (Å²) in [6.07, 6.45) is 0.737. The first-order valence-electron chi connectivity index (χ1n) is 13.5. The Balaban J connectivity index is 1.79. The van der Waals surface area contributed by atoms with Crippen LogP contribution in [0.25, 0.3) is 11.3 Å². The van der Waals surface area contributed by atoms with Gasteiger partial charge >= 0.3 is 6.18 Å². The Morgan fingerprint density at radius 1 is 1.05 bits per heavy atom. The third kappa shape index (κ3) is 7.05. The number of amides is 1. The molecule has 7 nitrogen and oxygen atoms in total. The summed E-state index contributed by atoms with van der Waals surface area (Å²) < 4.78 is 78.2. The number of rotatable bonds is 7. The van der Waals surface area contributed by atoms with Crippen molar-refractivity contribution in [2.45, 2.75) is 95.4 Å². The van der Waals surface area contributed by atoms with E-state index in [4.69, 9.17) is 4.74 Å². The van der Waals surface area contributed by atoms with Gasteiger partial charge in [-0.3, -0.25) is 4.79 Å². The Hall–Kier alpha value is -2.37. The molecular formula is C28H38F3N3O4S. The molecule has 4 rings (SSSR count). The Bertz CT molecular complexity index is 1300. The van der Waals surface area contributed by atoms with Gasteiger partial charge in [0.05, 0.1) is 16.0 Å². The lowest BCUT2D eigenvalue weighted by atomic mass is 10.1. The molecule has 1 saturated heterocycles. The average molecular weight is 570 g/mol. The zero-order chi connectivity index (χ0) is 28.6. The highest BCUT2D eigenvalue weighted by Crippen LogP contribution is 2.39. The molecule has 1 aliphatic carbocycles. The molecule has 2 heterocycles. The summed E-state index contributed by atoms with van der Waals surface area (Å²) in [5, 5.41) is 3.05. The smallest absolute Gasteiger partial charge is 0.381 e. The minimum absolute atomic E-state index is 0.0241. The molecule has 0 radical (unpaired) electrons. The van der Waals surface area contributed by atoms with Crippen LogP contribution in [-0.4, -0.2) is 43.7 Å². The minimum Gasteiger partial charge on any atom is -0.381 e. The summed E-state index contributed by atoms with van der Waals surface area (Å²) in [5.41, 5.74) is -0.426. The average Bonchev–Trinajstić information content (AvgIpc) is 3.46. The third-order valence-electron chi connectivity index (χ3n) is 7.39. The number of aromatic nitrogens is 1. The molecule has 1 saturated carbocycles. The molecule has 39 heavy (non-hydrogen) atoms. The maximum atomic E-state index is 14.2. The van der Waals surface area contributed by atoms with Crippen molar-refractivity contribution in [1.29, 1.82) is 0 Å². The van der Waals surface area contributed by atoms with Crippen molar-refractivity contribution < 1.29 is 31.1 Å². The van der Waals surface area contributed by atoms with Crippen LogP contribution in [0.1, 0.15) is 80.9 Å². The van der Waals surface area contributed by atoms with E-state index in [0.717, 1.165) is 37.8 Å². The lowest BCUT2D eigenvalue weighted by molar-refractivity contribution is -0.139. The molecule has 0 unspecified atom stereocenters. The van der Waals surface area contributed by atoms with Crippen LogP contribution >= 0.6 is 0 Å². The normalized spacial score (nSPS) is 18.0. The minimum atomic E-state index is -4.90. The molecule has 2 N–H and O–H groups in total. The topological polar surface area (TPSA) is 89.4 Å². The second-order valence-electron chi connectivity index (χ2n) is 11.7. The highest BCUT2D eigenvalue weighted by Gasteiger charge is 2.39. The summed E-state index contributed by atoms with van der Waals surface area (Å²) in [6.45, 7) is 8.23. The fraction of sp³-hybridized carbons (Fsp3) is 0.607. The number of benzene rings is 1. The van der Waals surface area contributed by atoms with Crippen molar-refractivity contribution in [2.24, 2.45) is 5.92 Å². The molecule has 0 atom stereocenters. The van der Waals surface area contributed by atoms with Gasteiger partial charge < -0.3 is 14.6 Å². The summed E-state index contributed by atoms with van der Waals surface area (Å²) in [5.74, 6) is 0.0921. The van der Waals surface area contributed by atoms with Crippen LogP contribution in [0.15, 0.2) is 29.2 Å². The Morgan fingerprint density at radius 2 is 1.69 bits per heavy atom. The number of hydrogen-bond donors (Lipinski definition) is 2. The number of carbonyl (C=O) groups excluding carboxylic acids is 1. The SMILES string of the molecule is Cc1c(C(=O)NC2CCOCC2)cc(-c2ccc(S(=O)(=O)NC(C)(C)C)c(C(F)(F)F)c2)n1CC1CCCC1. The van der Waals surface area contributed by atoms with E-state index >= 15 is 0 Å². The van der Waals surface area contributed by atoms with Gasteiger partial charge in [0.2, 0.25) is 10.0 Å². The van der Waals surface area contributed by atoms with E-state index in [-0.39, 0.29) is 17.5 Å². The molecule has 1 aromatic carbocycles. The van der Waals surface area contributed by atoms with Crippen LogP contribution in [0.4, 0.5) is 13.2 Å². The number of carbonyl (C=O) groups is 1. The van der Waals surface area contributed by atoms with Gasteiger partial charge in [-0.1, -0.05) is 18.9 Å². The largest absolute Gasteiger partial charge is 0.417 e. The molecule has 0 spiro atoms. The summed E-state index contributed by atoms with van der Waals surface area (Å²) in [6, 6.07) is 4.90. The van der Waals surface area contributed by atoms with E-state index in [1.165, 1.54) is 6.07 Å². The highest BCUT2D eigenvalue weighted by molar-refractivity contribution is 7.89. The van der Waals surface area contributed by atoms with Crippen molar-refractivity contribution in [2.75, 3.05) is 13.2 Å². The van der Waals surface area contributed by atoms with E-state index < -0.39 is 32.2 Å². The molecule has 1 aliphatic heterocycles. The summed E-state index contributed by atoms with van der Waals surface area (Å²) >= 11 is 0. The maximum absolute atomic E-state index is 14.2. The number of hydrogen-bond acceptors (Lipinski definition) is 4. The Morgan fingerprint density at radius 3 is 2.28 bits per heavy atom. The van der Waals surface area contributed by atoms with E-state index in [1.54, 1.807) is 26.8 Å². The standard InChI is InChI=1S/C28H38F3N3O4S/c1-18-22(26(35)32-21-11-13-38-14-12-21)16-24(34(18)17-19-7-5-6-8-19)20-9-10-25(23(15-20)28(29,30)31)39(36,37)33-27(2,3)4/h9-10,15-16,19,21,33H,5-8,11-14,17H2,1-4H3,(H,32,35). The molecule has 1 amide bonds. The molecule has 2 aliphatic rings. The van der Waals surface area contributed by atoms with Gasteiger partial charge in [0.1, 0.15) is 0 Å². The summed E-state index contributed by atoms with van der Waals surface area (Å²) in [7, 11) is -4.44. The van der Waals surface area contributed by atoms with Gasteiger partial charge in [-0.2, -0.15) is 13.2 Å². The number of nitrogens with one attached hydrogen (secondary N) is 2. The van der Waals surface area contributed by atoms with Gasteiger partial charge in [-0.15, -0.1) is 0 Å². The number of nitrogens with zero attached hydrogens (tertiary/aromatic N) is 1. The molecule has 216 valence electrons. The van der Waals surface area contributed by atoms with Gasteiger partial charge in [0, 0.05) is 42.7 Å². The molecule has 2 fully saturated rings. The quantitative estimate of drug-likeness (QED) is 0.451. The van der Waals surface area contributed by atoms with E-state index in [1.807, 2.05) is 11.5 Å². The van der Waals surface area contributed by atoms with Crippen LogP contribution in [0.3, 0.4) is 0 Å². The van der Waals surface area contributed by atoms with Crippen molar-refractivity contribution in [3.8, 4) is 11.3 Å². The molecular weight excluding hydrogens is 531 g/mol. The van der Waals surface area contributed by atoms with Gasteiger partial charge in [-0.05, 0) is 83.1 Å². The van der Waals surface area contributed by atoms with Crippen LogP contribution in [-0.2, 0) is 27.5 Å². The van der Waals surface area contributed by atoms with Crippen LogP contribution in [0, 0.1) is 12.8 Å². The van der Waals surface area contributed by atoms with E-state index in [0.29, 0.717) is 55.5 Å². The third-order valence-corrected chi connectivity index (χ3v) is 9.21. The molecule has 1 aromatic heterocycles. The van der Waals surface area contributed by atoms with E-state index in [2.05, 4.69) is 10.0 Å². The van der Waals surface area contributed by atoms with Crippen LogP contribution < -0.4 is 10.0 Å².